The Hall–Kier alpha value is -1.87. The van der Waals surface area contributed by atoms with Gasteiger partial charge in [-0.15, -0.1) is 0 Å². The quantitative estimate of drug-likeness (QED) is 0.849. The molecule has 0 saturated carbocycles. The van der Waals surface area contributed by atoms with E-state index in [0.717, 1.165) is 25.8 Å². The zero-order valence-electron chi connectivity index (χ0n) is 13.0. The lowest BCUT2D eigenvalue weighted by atomic mass is 10.0. The maximum absolute atomic E-state index is 6.00. The average molecular weight is 283 g/mol. The minimum Gasteiger partial charge on any atom is -0.374 e. The predicted molar refractivity (Wildman–Crippen MR) is 89.6 cm³/mol. The number of benzene rings is 1. The van der Waals surface area contributed by atoms with Gasteiger partial charge in [0.15, 0.2) is 0 Å². The molecule has 0 amide bonds. The van der Waals surface area contributed by atoms with E-state index in [1.54, 1.807) is 0 Å². The summed E-state index contributed by atoms with van der Waals surface area (Å²) in [6.07, 6.45) is 6.70. The lowest BCUT2D eigenvalue weighted by molar-refractivity contribution is 0.646. The number of nitrogens with zero attached hydrogens (tertiary/aromatic N) is 2. The number of likely N-dealkylation sites (N-methyl/N-ethyl adjacent to an activating group) is 1. The number of nitrogens with two attached hydrogens (primary N) is 1. The molecule has 21 heavy (non-hydrogen) atoms. The lowest BCUT2D eigenvalue weighted by Gasteiger charge is -2.20. The van der Waals surface area contributed by atoms with E-state index < -0.39 is 0 Å². The van der Waals surface area contributed by atoms with Crippen LogP contribution in [0.25, 0.3) is 0 Å². The molecule has 1 aromatic carbocycles. The molecule has 1 atom stereocenters. The van der Waals surface area contributed by atoms with Crippen molar-refractivity contribution in [2.45, 2.75) is 32.2 Å². The van der Waals surface area contributed by atoms with Crippen LogP contribution in [0.2, 0.25) is 0 Å². The second-order valence-electron chi connectivity index (χ2n) is 5.57. The Morgan fingerprint density at radius 1 is 1.05 bits per heavy atom. The third-order valence-electron chi connectivity index (χ3n) is 3.88. The fourth-order valence-corrected chi connectivity index (χ4v) is 2.31. The Morgan fingerprint density at radius 3 is 2.33 bits per heavy atom. The highest BCUT2D eigenvalue weighted by Gasteiger charge is 2.04. The van der Waals surface area contributed by atoms with Gasteiger partial charge in [-0.25, -0.2) is 0 Å². The fraction of sp³-hybridized carbons (Fsp3) is 0.389. The maximum Gasteiger partial charge on any atom is 0.0363 e. The largest absolute Gasteiger partial charge is 0.374 e. The van der Waals surface area contributed by atoms with Gasteiger partial charge in [-0.05, 0) is 54.7 Å². The van der Waals surface area contributed by atoms with Crippen molar-refractivity contribution in [1.82, 2.24) is 4.98 Å². The zero-order valence-corrected chi connectivity index (χ0v) is 13.0. The second kappa shape index (κ2) is 7.79. The molecule has 0 spiro atoms. The van der Waals surface area contributed by atoms with Crippen molar-refractivity contribution < 1.29 is 0 Å². The summed E-state index contributed by atoms with van der Waals surface area (Å²) in [5, 5.41) is 0. The summed E-state index contributed by atoms with van der Waals surface area (Å²) >= 11 is 0. The molecule has 2 aromatic rings. The van der Waals surface area contributed by atoms with Crippen LogP contribution in [0.4, 0.5) is 5.69 Å². The molecule has 0 bridgehead atoms. The molecule has 0 saturated heterocycles. The van der Waals surface area contributed by atoms with E-state index in [0.29, 0.717) is 0 Å². The first-order chi connectivity index (χ1) is 10.2. The van der Waals surface area contributed by atoms with E-state index in [2.05, 4.69) is 60.3 Å². The SMILES string of the molecule is CCC(N)Cc1ccc(N(C)CCc2ccncc2)cc1. The molecule has 2 N–H and O–H groups in total. The number of hydrogen-bond donors (Lipinski definition) is 1. The normalized spacial score (nSPS) is 12.1. The molecule has 0 aliphatic heterocycles. The van der Waals surface area contributed by atoms with Crippen LogP contribution in [0, 0.1) is 0 Å². The van der Waals surface area contributed by atoms with Crippen LogP contribution < -0.4 is 10.6 Å². The van der Waals surface area contributed by atoms with Gasteiger partial charge >= 0.3 is 0 Å². The van der Waals surface area contributed by atoms with Crippen LogP contribution in [-0.4, -0.2) is 24.6 Å². The van der Waals surface area contributed by atoms with E-state index in [9.17, 15) is 0 Å². The van der Waals surface area contributed by atoms with Gasteiger partial charge in [0.25, 0.3) is 0 Å². The van der Waals surface area contributed by atoms with Gasteiger partial charge in [0.1, 0.15) is 0 Å². The van der Waals surface area contributed by atoms with Crippen molar-refractivity contribution in [3.8, 4) is 0 Å². The van der Waals surface area contributed by atoms with E-state index in [1.807, 2.05) is 12.4 Å². The van der Waals surface area contributed by atoms with Crippen molar-refractivity contribution in [2.24, 2.45) is 5.73 Å². The van der Waals surface area contributed by atoms with E-state index in [1.165, 1.54) is 16.8 Å². The topological polar surface area (TPSA) is 42.1 Å². The number of pyridine rings is 1. The maximum atomic E-state index is 6.00. The van der Waals surface area contributed by atoms with Crippen LogP contribution >= 0.6 is 0 Å². The number of anilines is 1. The molecule has 1 heterocycles. The molecule has 2 rings (SSSR count). The third-order valence-corrected chi connectivity index (χ3v) is 3.88. The number of hydrogen-bond acceptors (Lipinski definition) is 3. The van der Waals surface area contributed by atoms with Crippen LogP contribution in [0.15, 0.2) is 48.8 Å². The standard InChI is InChI=1S/C18H25N3/c1-3-17(19)14-16-4-6-18(7-5-16)21(2)13-10-15-8-11-20-12-9-15/h4-9,11-12,17H,3,10,13-14,19H2,1-2H3. The molecule has 3 nitrogen and oxygen atoms in total. The fourth-order valence-electron chi connectivity index (χ4n) is 2.31. The molecule has 0 fully saturated rings. The average Bonchev–Trinajstić information content (AvgIpc) is 2.54. The Labute approximate surface area is 127 Å². The highest BCUT2D eigenvalue weighted by molar-refractivity contribution is 5.47. The molecule has 112 valence electrons. The van der Waals surface area contributed by atoms with Gasteiger partial charge in [-0.1, -0.05) is 19.1 Å². The monoisotopic (exact) mass is 283 g/mol. The molecule has 1 aromatic heterocycles. The number of rotatable bonds is 7. The zero-order chi connectivity index (χ0) is 15.1. The van der Waals surface area contributed by atoms with Crippen LogP contribution in [0.1, 0.15) is 24.5 Å². The summed E-state index contributed by atoms with van der Waals surface area (Å²) in [7, 11) is 2.13. The molecule has 0 radical (unpaired) electrons. The van der Waals surface area contributed by atoms with Crippen molar-refractivity contribution in [3.05, 3.63) is 59.9 Å². The third kappa shape index (κ3) is 4.87. The van der Waals surface area contributed by atoms with E-state index in [-0.39, 0.29) is 6.04 Å². The molecule has 3 heteroatoms. The summed E-state index contributed by atoms with van der Waals surface area (Å²) in [4.78, 5) is 6.33. The second-order valence-corrected chi connectivity index (χ2v) is 5.57. The summed E-state index contributed by atoms with van der Waals surface area (Å²) in [6, 6.07) is 13.2. The van der Waals surface area contributed by atoms with Gasteiger partial charge in [-0.3, -0.25) is 4.98 Å². The summed E-state index contributed by atoms with van der Waals surface area (Å²) in [6.45, 7) is 3.13. The minimum absolute atomic E-state index is 0.264. The molecular formula is C18H25N3. The van der Waals surface area contributed by atoms with Gasteiger partial charge in [0.2, 0.25) is 0 Å². The van der Waals surface area contributed by atoms with Gasteiger partial charge in [-0.2, -0.15) is 0 Å². The first-order valence-corrected chi connectivity index (χ1v) is 7.63. The molecular weight excluding hydrogens is 258 g/mol. The Balaban J connectivity index is 1.89. The Morgan fingerprint density at radius 2 is 1.71 bits per heavy atom. The molecule has 0 aliphatic carbocycles. The first kappa shape index (κ1) is 15.5. The minimum atomic E-state index is 0.264. The first-order valence-electron chi connectivity index (χ1n) is 7.63. The summed E-state index contributed by atoms with van der Waals surface area (Å²) in [5.74, 6) is 0. The highest BCUT2D eigenvalue weighted by atomic mass is 15.1. The van der Waals surface area contributed by atoms with E-state index >= 15 is 0 Å². The van der Waals surface area contributed by atoms with E-state index in [4.69, 9.17) is 5.73 Å². The van der Waals surface area contributed by atoms with Crippen LogP contribution in [-0.2, 0) is 12.8 Å². The number of aromatic nitrogens is 1. The van der Waals surface area contributed by atoms with Crippen LogP contribution in [0.5, 0.6) is 0 Å². The van der Waals surface area contributed by atoms with Gasteiger partial charge in [0.05, 0.1) is 0 Å². The summed E-state index contributed by atoms with van der Waals surface area (Å²) in [5.41, 5.74) is 9.88. The highest BCUT2D eigenvalue weighted by Crippen LogP contribution is 2.15. The van der Waals surface area contributed by atoms with Crippen molar-refractivity contribution in [2.75, 3.05) is 18.5 Å². The molecule has 0 aliphatic rings. The predicted octanol–water partition coefficient (Wildman–Crippen LogP) is 3.04. The Kier molecular flexibility index (Phi) is 5.76. The smallest absolute Gasteiger partial charge is 0.0363 e. The lowest BCUT2D eigenvalue weighted by Crippen LogP contribution is -2.22. The van der Waals surface area contributed by atoms with Crippen molar-refractivity contribution >= 4 is 5.69 Å². The van der Waals surface area contributed by atoms with Crippen LogP contribution in [0.3, 0.4) is 0 Å². The van der Waals surface area contributed by atoms with Gasteiger partial charge in [0, 0.05) is 37.7 Å². The van der Waals surface area contributed by atoms with Gasteiger partial charge < -0.3 is 10.6 Å². The van der Waals surface area contributed by atoms with Crippen molar-refractivity contribution in [3.63, 3.8) is 0 Å². The van der Waals surface area contributed by atoms with Crippen molar-refractivity contribution in [1.29, 1.82) is 0 Å². The summed E-state index contributed by atoms with van der Waals surface area (Å²) < 4.78 is 0. The Bertz CT molecular complexity index is 522. The molecule has 1 unspecified atom stereocenters.